The van der Waals surface area contributed by atoms with Gasteiger partial charge >= 0.3 is 0 Å². The molecule has 126 valence electrons. The highest BCUT2D eigenvalue weighted by Crippen LogP contribution is 2.30. The summed E-state index contributed by atoms with van der Waals surface area (Å²) < 4.78 is 11.4. The molecule has 2 aromatic carbocycles. The monoisotopic (exact) mass is 361 g/mol. The molecule has 0 amide bonds. The van der Waals surface area contributed by atoms with Crippen LogP contribution in [-0.2, 0) is 6.61 Å². The minimum atomic E-state index is 0.395. The van der Waals surface area contributed by atoms with Crippen LogP contribution in [-0.4, -0.2) is 30.1 Å². The van der Waals surface area contributed by atoms with E-state index in [2.05, 4.69) is 4.90 Å². The number of rotatable bonds is 5. The Kier molecular flexibility index (Phi) is 5.59. The molecule has 1 fully saturated rings. The normalized spacial score (nSPS) is 13.8. The minimum absolute atomic E-state index is 0.395. The number of ether oxygens (including phenoxy) is 2. The van der Waals surface area contributed by atoms with Gasteiger partial charge in [-0.2, -0.15) is 0 Å². The highest BCUT2D eigenvalue weighted by atomic mass is 35.5. The van der Waals surface area contributed by atoms with Crippen molar-refractivity contribution in [3.63, 3.8) is 0 Å². The maximum atomic E-state index is 6.17. The van der Waals surface area contributed by atoms with E-state index in [1.165, 1.54) is 12.8 Å². The van der Waals surface area contributed by atoms with Crippen LogP contribution in [0.15, 0.2) is 42.5 Å². The van der Waals surface area contributed by atoms with Crippen molar-refractivity contribution in [2.75, 3.05) is 20.2 Å². The molecule has 2 aromatic rings. The van der Waals surface area contributed by atoms with Crippen LogP contribution in [0.1, 0.15) is 24.0 Å². The number of likely N-dealkylation sites (tertiary alicyclic amines) is 1. The van der Waals surface area contributed by atoms with Gasteiger partial charge in [0, 0.05) is 29.2 Å². The molecule has 3 rings (SSSR count). The third-order valence-electron chi connectivity index (χ3n) is 4.14. The first-order valence-corrected chi connectivity index (χ1v) is 8.81. The van der Waals surface area contributed by atoms with E-state index < -0.39 is 0 Å². The molecule has 3 nitrogen and oxygen atoms in total. The van der Waals surface area contributed by atoms with Gasteiger partial charge in [-0.25, -0.2) is 0 Å². The van der Waals surface area contributed by atoms with Crippen LogP contribution < -0.4 is 9.47 Å². The lowest BCUT2D eigenvalue weighted by Gasteiger charge is -2.20. The maximum Gasteiger partial charge on any atom is 0.161 e. The first-order chi connectivity index (χ1) is 11.7. The third-order valence-corrected chi connectivity index (χ3v) is 5.01. The highest BCUT2D eigenvalue weighted by Gasteiger charge is 2.17. The topological polar surface area (TPSA) is 21.7 Å². The Hall–Kier alpha value is -1.78. The largest absolute Gasteiger partial charge is 0.493 e. The van der Waals surface area contributed by atoms with Gasteiger partial charge in [0.15, 0.2) is 11.5 Å². The molecule has 5 heteroatoms. The van der Waals surface area contributed by atoms with E-state index in [9.17, 15) is 0 Å². The fraction of sp³-hybridized carbons (Fsp3) is 0.316. The zero-order valence-corrected chi connectivity index (χ0v) is 15.2. The first-order valence-electron chi connectivity index (χ1n) is 8.02. The highest BCUT2D eigenvalue weighted by molar-refractivity contribution is 7.80. The van der Waals surface area contributed by atoms with E-state index in [-0.39, 0.29) is 0 Å². The molecule has 0 atom stereocenters. The van der Waals surface area contributed by atoms with Gasteiger partial charge in [0.2, 0.25) is 0 Å². The summed E-state index contributed by atoms with van der Waals surface area (Å²) in [5, 5.41) is 0.697. The maximum absolute atomic E-state index is 6.17. The van der Waals surface area contributed by atoms with E-state index >= 15 is 0 Å². The van der Waals surface area contributed by atoms with Crippen LogP contribution in [0.3, 0.4) is 0 Å². The lowest BCUT2D eigenvalue weighted by atomic mass is 10.2. The number of benzene rings is 2. The number of methoxy groups -OCH3 is 1. The van der Waals surface area contributed by atoms with E-state index in [1.807, 2.05) is 42.5 Å². The van der Waals surface area contributed by atoms with E-state index in [4.69, 9.17) is 33.3 Å². The average Bonchev–Trinajstić information content (AvgIpc) is 3.15. The molecular formula is C19H20ClNO2S. The Morgan fingerprint density at radius 1 is 1.12 bits per heavy atom. The molecule has 0 bridgehead atoms. The molecule has 1 aliphatic rings. The smallest absolute Gasteiger partial charge is 0.161 e. The van der Waals surface area contributed by atoms with Crippen molar-refractivity contribution in [2.24, 2.45) is 0 Å². The van der Waals surface area contributed by atoms with Gasteiger partial charge in [-0.1, -0.05) is 42.0 Å². The summed E-state index contributed by atoms with van der Waals surface area (Å²) in [6, 6.07) is 13.5. The van der Waals surface area contributed by atoms with Gasteiger partial charge in [-0.05, 0) is 37.1 Å². The van der Waals surface area contributed by atoms with Gasteiger partial charge in [0.05, 0.1) is 7.11 Å². The Morgan fingerprint density at radius 2 is 1.88 bits per heavy atom. The Labute approximate surface area is 153 Å². The summed E-state index contributed by atoms with van der Waals surface area (Å²) in [4.78, 5) is 3.12. The molecule has 1 aliphatic heterocycles. The minimum Gasteiger partial charge on any atom is -0.493 e. The van der Waals surface area contributed by atoms with Gasteiger partial charge in [0.25, 0.3) is 0 Å². The lowest BCUT2D eigenvalue weighted by Crippen LogP contribution is -2.26. The SMILES string of the molecule is COc1cc(C(=S)N2CCCC2)ccc1OCc1ccccc1Cl. The van der Waals surface area contributed by atoms with Crippen molar-refractivity contribution in [3.8, 4) is 11.5 Å². The summed E-state index contributed by atoms with van der Waals surface area (Å²) in [5.41, 5.74) is 1.94. The van der Waals surface area contributed by atoms with Gasteiger partial charge in [-0.3, -0.25) is 0 Å². The standard InChI is InChI=1S/C19H20ClNO2S/c1-22-18-12-14(19(24)21-10-4-5-11-21)8-9-17(18)23-13-15-6-2-3-7-16(15)20/h2-3,6-9,12H,4-5,10-11,13H2,1H3. The fourth-order valence-corrected chi connectivity index (χ4v) is 3.29. The van der Waals surface area contributed by atoms with Crippen LogP contribution in [0.2, 0.25) is 5.02 Å². The Morgan fingerprint density at radius 3 is 2.58 bits per heavy atom. The molecule has 0 saturated carbocycles. The quantitative estimate of drug-likeness (QED) is 0.719. The predicted molar refractivity (Wildman–Crippen MR) is 101 cm³/mol. The van der Waals surface area contributed by atoms with Gasteiger partial charge < -0.3 is 14.4 Å². The van der Waals surface area contributed by atoms with Crippen LogP contribution in [0.5, 0.6) is 11.5 Å². The molecule has 1 heterocycles. The van der Waals surface area contributed by atoms with Crippen LogP contribution >= 0.6 is 23.8 Å². The summed E-state index contributed by atoms with van der Waals surface area (Å²) in [5.74, 6) is 1.37. The molecule has 0 aliphatic carbocycles. The van der Waals surface area contributed by atoms with E-state index in [1.54, 1.807) is 7.11 Å². The van der Waals surface area contributed by atoms with E-state index in [0.29, 0.717) is 23.1 Å². The van der Waals surface area contributed by atoms with Crippen molar-refractivity contribution in [3.05, 3.63) is 58.6 Å². The third kappa shape index (κ3) is 3.82. The van der Waals surface area contributed by atoms with Gasteiger partial charge in [-0.15, -0.1) is 0 Å². The second kappa shape index (κ2) is 7.86. The average molecular weight is 362 g/mol. The number of thiocarbonyl (C=S) groups is 1. The Balaban J connectivity index is 1.74. The summed E-state index contributed by atoms with van der Waals surface area (Å²) >= 11 is 11.8. The zero-order valence-electron chi connectivity index (χ0n) is 13.6. The summed E-state index contributed by atoms with van der Waals surface area (Å²) in [6.45, 7) is 2.46. The molecular weight excluding hydrogens is 342 g/mol. The molecule has 0 radical (unpaired) electrons. The van der Waals surface area contributed by atoms with Crippen molar-refractivity contribution >= 4 is 28.8 Å². The van der Waals surface area contributed by atoms with Gasteiger partial charge in [0.1, 0.15) is 11.6 Å². The van der Waals surface area contributed by atoms with Crippen molar-refractivity contribution in [1.82, 2.24) is 4.90 Å². The van der Waals surface area contributed by atoms with Crippen molar-refractivity contribution in [2.45, 2.75) is 19.4 Å². The lowest BCUT2D eigenvalue weighted by molar-refractivity contribution is 0.284. The molecule has 0 unspecified atom stereocenters. The first kappa shape index (κ1) is 17.1. The number of halogens is 1. The molecule has 1 saturated heterocycles. The number of nitrogens with zero attached hydrogens (tertiary/aromatic N) is 1. The second-order valence-electron chi connectivity index (χ2n) is 5.75. The van der Waals surface area contributed by atoms with Crippen molar-refractivity contribution in [1.29, 1.82) is 0 Å². The van der Waals surface area contributed by atoms with E-state index in [0.717, 1.165) is 29.2 Å². The summed E-state index contributed by atoms with van der Waals surface area (Å²) in [7, 11) is 1.64. The van der Waals surface area contributed by atoms with Crippen LogP contribution in [0.4, 0.5) is 0 Å². The Bertz CT molecular complexity index is 729. The summed E-state index contributed by atoms with van der Waals surface area (Å²) in [6.07, 6.45) is 2.41. The molecule has 0 aromatic heterocycles. The number of hydrogen-bond acceptors (Lipinski definition) is 3. The predicted octanol–water partition coefficient (Wildman–Crippen LogP) is 4.70. The molecule has 24 heavy (non-hydrogen) atoms. The van der Waals surface area contributed by atoms with Crippen molar-refractivity contribution < 1.29 is 9.47 Å². The second-order valence-corrected chi connectivity index (χ2v) is 6.54. The zero-order chi connectivity index (χ0) is 16.9. The van der Waals surface area contributed by atoms with Crippen LogP contribution in [0.25, 0.3) is 0 Å². The number of hydrogen-bond donors (Lipinski definition) is 0. The fourth-order valence-electron chi connectivity index (χ4n) is 2.79. The van der Waals surface area contributed by atoms with Crippen LogP contribution in [0, 0.1) is 0 Å². The molecule has 0 spiro atoms. The molecule has 0 N–H and O–H groups in total.